The SMILES string of the molecule is CCOC(=O)c1c(NC(=O)COC(=O)c2cc(C)no2)sc2c1CC[C@H](C)C2. The van der Waals surface area contributed by atoms with E-state index in [1.807, 2.05) is 0 Å². The Morgan fingerprint density at radius 1 is 1.32 bits per heavy atom. The van der Waals surface area contributed by atoms with Gasteiger partial charge < -0.3 is 19.3 Å². The lowest BCUT2D eigenvalue weighted by Crippen LogP contribution is -2.22. The first-order valence-electron chi connectivity index (χ1n) is 9.11. The summed E-state index contributed by atoms with van der Waals surface area (Å²) in [6, 6.07) is 1.42. The molecule has 0 saturated carbocycles. The summed E-state index contributed by atoms with van der Waals surface area (Å²) in [6.07, 6.45) is 2.62. The molecule has 9 heteroatoms. The molecule has 1 N–H and O–H groups in total. The van der Waals surface area contributed by atoms with Crippen LogP contribution in [0.3, 0.4) is 0 Å². The predicted molar refractivity (Wildman–Crippen MR) is 102 cm³/mol. The van der Waals surface area contributed by atoms with Crippen LogP contribution in [0.5, 0.6) is 0 Å². The maximum absolute atomic E-state index is 12.4. The molecule has 0 fully saturated rings. The molecule has 1 aliphatic rings. The van der Waals surface area contributed by atoms with Crippen molar-refractivity contribution in [3.63, 3.8) is 0 Å². The van der Waals surface area contributed by atoms with Crippen LogP contribution in [0.15, 0.2) is 10.6 Å². The average Bonchev–Trinajstić information content (AvgIpc) is 3.22. The number of rotatable bonds is 6. The van der Waals surface area contributed by atoms with Gasteiger partial charge in [0.25, 0.3) is 5.91 Å². The minimum absolute atomic E-state index is 0.0712. The van der Waals surface area contributed by atoms with Crippen molar-refractivity contribution in [3.8, 4) is 0 Å². The third kappa shape index (κ3) is 4.41. The summed E-state index contributed by atoms with van der Waals surface area (Å²) >= 11 is 1.38. The Labute approximate surface area is 166 Å². The fourth-order valence-electron chi connectivity index (χ4n) is 3.08. The van der Waals surface area contributed by atoms with Crippen LogP contribution in [0.1, 0.15) is 57.3 Å². The van der Waals surface area contributed by atoms with Gasteiger partial charge in [0.15, 0.2) is 6.61 Å². The lowest BCUT2D eigenvalue weighted by Gasteiger charge is -2.18. The summed E-state index contributed by atoms with van der Waals surface area (Å²) in [5, 5.41) is 6.73. The molecule has 8 nitrogen and oxygen atoms in total. The van der Waals surface area contributed by atoms with E-state index in [1.54, 1.807) is 13.8 Å². The Kier molecular flexibility index (Phi) is 6.13. The second-order valence-corrected chi connectivity index (χ2v) is 7.84. The third-order valence-corrected chi connectivity index (χ3v) is 5.58. The molecule has 1 aliphatic carbocycles. The number of carbonyl (C=O) groups is 3. The molecule has 0 unspecified atom stereocenters. The second kappa shape index (κ2) is 8.55. The molecule has 1 atom stereocenters. The van der Waals surface area contributed by atoms with E-state index < -0.39 is 24.5 Å². The van der Waals surface area contributed by atoms with Gasteiger partial charge in [0.2, 0.25) is 5.76 Å². The minimum Gasteiger partial charge on any atom is -0.462 e. The number of thiophene rings is 1. The summed E-state index contributed by atoms with van der Waals surface area (Å²) < 4.78 is 14.9. The van der Waals surface area contributed by atoms with E-state index in [1.165, 1.54) is 17.4 Å². The Morgan fingerprint density at radius 2 is 2.11 bits per heavy atom. The zero-order valence-electron chi connectivity index (χ0n) is 16.0. The molecular weight excluding hydrogens is 384 g/mol. The zero-order chi connectivity index (χ0) is 20.3. The van der Waals surface area contributed by atoms with Gasteiger partial charge in [-0.25, -0.2) is 9.59 Å². The number of hydrogen-bond acceptors (Lipinski definition) is 8. The van der Waals surface area contributed by atoms with E-state index in [9.17, 15) is 14.4 Å². The molecular formula is C19H22N2O6S. The van der Waals surface area contributed by atoms with Gasteiger partial charge in [0.1, 0.15) is 5.00 Å². The van der Waals surface area contributed by atoms with Crippen LogP contribution in [0, 0.1) is 12.8 Å². The number of aryl methyl sites for hydroxylation is 1. The predicted octanol–water partition coefficient (Wildman–Crippen LogP) is 3.14. The Morgan fingerprint density at radius 3 is 2.79 bits per heavy atom. The highest BCUT2D eigenvalue weighted by molar-refractivity contribution is 7.17. The number of nitrogens with one attached hydrogen (secondary N) is 1. The third-order valence-electron chi connectivity index (χ3n) is 4.41. The van der Waals surface area contributed by atoms with Crippen LogP contribution in [0.4, 0.5) is 5.00 Å². The van der Waals surface area contributed by atoms with Crippen LogP contribution < -0.4 is 5.32 Å². The van der Waals surface area contributed by atoms with Crippen molar-refractivity contribution < 1.29 is 28.4 Å². The number of ether oxygens (including phenoxy) is 2. The molecule has 0 saturated heterocycles. The molecule has 2 aromatic rings. The van der Waals surface area contributed by atoms with Crippen LogP contribution in [0.25, 0.3) is 0 Å². The van der Waals surface area contributed by atoms with E-state index in [4.69, 9.17) is 14.0 Å². The second-order valence-electron chi connectivity index (χ2n) is 6.73. The van der Waals surface area contributed by atoms with E-state index in [2.05, 4.69) is 17.4 Å². The number of fused-ring (bicyclic) bond motifs is 1. The van der Waals surface area contributed by atoms with Crippen molar-refractivity contribution in [3.05, 3.63) is 33.5 Å². The van der Waals surface area contributed by atoms with Gasteiger partial charge >= 0.3 is 11.9 Å². The molecule has 3 rings (SSSR count). The van der Waals surface area contributed by atoms with Gasteiger partial charge in [-0.2, -0.15) is 0 Å². The minimum atomic E-state index is -0.777. The molecule has 0 radical (unpaired) electrons. The quantitative estimate of drug-likeness (QED) is 0.734. The molecule has 0 aromatic carbocycles. The van der Waals surface area contributed by atoms with Crippen LogP contribution in [-0.2, 0) is 27.1 Å². The van der Waals surface area contributed by atoms with E-state index >= 15 is 0 Å². The van der Waals surface area contributed by atoms with Gasteiger partial charge in [0.05, 0.1) is 17.9 Å². The molecule has 2 heterocycles. The maximum Gasteiger partial charge on any atom is 0.377 e. The first-order chi connectivity index (χ1) is 13.4. The van der Waals surface area contributed by atoms with Gasteiger partial charge in [-0.3, -0.25) is 4.79 Å². The smallest absolute Gasteiger partial charge is 0.377 e. The molecule has 28 heavy (non-hydrogen) atoms. The first-order valence-corrected chi connectivity index (χ1v) is 9.92. The van der Waals surface area contributed by atoms with Crippen molar-refractivity contribution in [2.24, 2.45) is 5.92 Å². The van der Waals surface area contributed by atoms with Crippen molar-refractivity contribution in [2.75, 3.05) is 18.5 Å². The van der Waals surface area contributed by atoms with E-state index in [0.29, 0.717) is 22.2 Å². The normalized spacial score (nSPS) is 15.6. The molecule has 2 aromatic heterocycles. The van der Waals surface area contributed by atoms with Crippen LogP contribution in [0.2, 0.25) is 0 Å². The van der Waals surface area contributed by atoms with Crippen molar-refractivity contribution in [2.45, 2.75) is 40.0 Å². The molecule has 0 spiro atoms. The van der Waals surface area contributed by atoms with E-state index in [0.717, 1.165) is 29.7 Å². The summed E-state index contributed by atoms with van der Waals surface area (Å²) in [4.78, 5) is 37.7. The highest BCUT2D eigenvalue weighted by Crippen LogP contribution is 2.40. The highest BCUT2D eigenvalue weighted by Gasteiger charge is 2.29. The highest BCUT2D eigenvalue weighted by atomic mass is 32.1. The number of aromatic nitrogens is 1. The summed E-state index contributed by atoms with van der Waals surface area (Å²) in [7, 11) is 0. The monoisotopic (exact) mass is 406 g/mol. The summed E-state index contributed by atoms with van der Waals surface area (Å²) in [5.74, 6) is -1.31. The van der Waals surface area contributed by atoms with Crippen LogP contribution >= 0.6 is 11.3 Å². The average molecular weight is 406 g/mol. The van der Waals surface area contributed by atoms with Gasteiger partial charge in [-0.15, -0.1) is 11.3 Å². The fourth-order valence-corrected chi connectivity index (χ4v) is 4.50. The lowest BCUT2D eigenvalue weighted by atomic mass is 9.88. The molecule has 150 valence electrons. The molecule has 0 bridgehead atoms. The van der Waals surface area contributed by atoms with E-state index in [-0.39, 0.29) is 12.4 Å². The molecule has 1 amide bonds. The van der Waals surface area contributed by atoms with Crippen molar-refractivity contribution in [1.29, 1.82) is 0 Å². The zero-order valence-corrected chi connectivity index (χ0v) is 16.8. The lowest BCUT2D eigenvalue weighted by molar-refractivity contribution is -0.119. The van der Waals surface area contributed by atoms with Gasteiger partial charge in [-0.05, 0) is 44.6 Å². The largest absolute Gasteiger partial charge is 0.462 e. The van der Waals surface area contributed by atoms with Crippen molar-refractivity contribution >= 4 is 34.2 Å². The Bertz CT molecular complexity index is 900. The Balaban J connectivity index is 1.71. The fraction of sp³-hybridized carbons (Fsp3) is 0.474. The van der Waals surface area contributed by atoms with Crippen LogP contribution in [-0.4, -0.2) is 36.2 Å². The van der Waals surface area contributed by atoms with Crippen molar-refractivity contribution in [1.82, 2.24) is 5.16 Å². The number of anilines is 1. The molecule has 0 aliphatic heterocycles. The number of esters is 2. The summed E-state index contributed by atoms with van der Waals surface area (Å²) in [6.45, 7) is 5.32. The first kappa shape index (κ1) is 20.1. The number of nitrogens with zero attached hydrogens (tertiary/aromatic N) is 1. The number of amides is 1. The number of hydrogen-bond donors (Lipinski definition) is 1. The maximum atomic E-state index is 12.4. The van der Waals surface area contributed by atoms with Gasteiger partial charge in [-0.1, -0.05) is 12.1 Å². The topological polar surface area (TPSA) is 108 Å². The number of carbonyl (C=O) groups excluding carboxylic acids is 3. The Hall–Kier alpha value is -2.68. The van der Waals surface area contributed by atoms with Gasteiger partial charge in [0, 0.05) is 10.9 Å². The summed E-state index contributed by atoms with van der Waals surface area (Å²) in [5.41, 5.74) is 1.90. The standard InChI is InChI=1S/C19H22N2O6S/c1-4-25-19(24)16-12-6-5-10(2)7-14(12)28-17(16)20-15(22)9-26-18(23)13-8-11(3)21-27-13/h8,10H,4-7,9H2,1-3H3,(H,20,22)/t10-/m0/s1.